The number of carbonyl (C=O) groups excluding carboxylic acids is 1. The number of benzene rings is 1. The fourth-order valence-corrected chi connectivity index (χ4v) is 4.54. The van der Waals surface area contributed by atoms with Crippen LogP contribution in [0, 0.1) is 5.82 Å². The summed E-state index contributed by atoms with van der Waals surface area (Å²) < 4.78 is 54.1. The first-order chi connectivity index (χ1) is 14.1. The number of pyridine rings is 1. The number of hydrogen-bond donors (Lipinski definition) is 3. The lowest BCUT2D eigenvalue weighted by molar-refractivity contribution is -0.138. The number of likely N-dealkylation sites (N-methyl/N-ethyl adjacent to an activating group) is 1. The lowest BCUT2D eigenvalue weighted by Gasteiger charge is -2.44. The number of piperazine rings is 1. The Hall–Kier alpha value is -2.72. The van der Waals surface area contributed by atoms with Gasteiger partial charge < -0.3 is 15.6 Å². The second kappa shape index (κ2) is 7.21. The van der Waals surface area contributed by atoms with Crippen LogP contribution in [0.1, 0.15) is 34.3 Å². The minimum Gasteiger partial charge on any atom is -0.328 e. The summed E-state index contributed by atoms with van der Waals surface area (Å²) in [7, 11) is 1.93. The average Bonchev–Trinajstić information content (AvgIpc) is 2.87. The molecular weight excluding hydrogens is 404 g/mol. The number of hydrogen-bond acceptors (Lipinski definition) is 4. The Bertz CT molecular complexity index is 1050. The van der Waals surface area contributed by atoms with Gasteiger partial charge in [-0.25, -0.2) is 4.39 Å². The first-order valence-corrected chi connectivity index (χ1v) is 9.47. The summed E-state index contributed by atoms with van der Waals surface area (Å²) in [6.45, 7) is 1.32. The van der Waals surface area contributed by atoms with Crippen molar-refractivity contribution in [2.75, 3.05) is 25.5 Å². The molecule has 1 aromatic carbocycles. The number of nitrogens with zero attached hydrogens (tertiary/aromatic N) is 1. The van der Waals surface area contributed by atoms with Crippen molar-refractivity contribution in [2.24, 2.45) is 0 Å². The van der Waals surface area contributed by atoms with Gasteiger partial charge in [0.1, 0.15) is 5.82 Å². The Balaban J connectivity index is 1.74. The Kier molecular flexibility index (Phi) is 4.94. The molecule has 2 bridgehead atoms. The Morgan fingerprint density at radius 2 is 2.07 bits per heavy atom. The van der Waals surface area contributed by atoms with Crippen LogP contribution in [0.2, 0.25) is 0 Å². The molecule has 0 saturated carbocycles. The average molecular weight is 424 g/mol. The topological polar surface area (TPSA) is 77.2 Å². The van der Waals surface area contributed by atoms with Gasteiger partial charge in [-0.2, -0.15) is 13.2 Å². The Morgan fingerprint density at radius 3 is 2.80 bits per heavy atom. The molecule has 2 fully saturated rings. The molecule has 2 atom stereocenters. The van der Waals surface area contributed by atoms with E-state index >= 15 is 0 Å². The highest BCUT2D eigenvalue weighted by atomic mass is 19.4. The summed E-state index contributed by atoms with van der Waals surface area (Å²) >= 11 is 0. The van der Waals surface area contributed by atoms with Crippen molar-refractivity contribution in [3.8, 4) is 0 Å². The van der Waals surface area contributed by atoms with Crippen molar-refractivity contribution in [2.45, 2.75) is 30.6 Å². The quantitative estimate of drug-likeness (QED) is 0.663. The highest BCUT2D eigenvalue weighted by Crippen LogP contribution is 2.45. The predicted octanol–water partition coefficient (Wildman–Crippen LogP) is 2.68. The SMILES string of the molecule is CN1C2CCC1(c1cc(F)ccc1NC(=O)c1c[nH]c(=O)cc1C(F)(F)F)CNC2. The normalized spacial score (nSPS) is 24.1. The molecule has 160 valence electrons. The maximum absolute atomic E-state index is 14.1. The maximum Gasteiger partial charge on any atom is 0.417 e. The highest BCUT2D eigenvalue weighted by Gasteiger charge is 2.49. The Morgan fingerprint density at radius 1 is 1.30 bits per heavy atom. The van der Waals surface area contributed by atoms with E-state index < -0.39 is 40.1 Å². The van der Waals surface area contributed by atoms with Gasteiger partial charge in [0, 0.05) is 42.6 Å². The van der Waals surface area contributed by atoms with E-state index in [-0.39, 0.29) is 11.7 Å². The summed E-state index contributed by atoms with van der Waals surface area (Å²) in [5.74, 6) is -1.54. The fourth-order valence-electron chi connectivity index (χ4n) is 4.54. The fraction of sp³-hybridized carbons (Fsp3) is 0.400. The van der Waals surface area contributed by atoms with E-state index in [0.29, 0.717) is 18.2 Å². The monoisotopic (exact) mass is 424 g/mol. The van der Waals surface area contributed by atoms with Crippen molar-refractivity contribution in [3.63, 3.8) is 0 Å². The number of aromatic amines is 1. The van der Waals surface area contributed by atoms with Crippen LogP contribution < -0.4 is 16.2 Å². The molecule has 2 aromatic rings. The minimum absolute atomic E-state index is 0.233. The van der Waals surface area contributed by atoms with Crippen LogP contribution in [-0.4, -0.2) is 42.0 Å². The maximum atomic E-state index is 14.1. The van der Waals surface area contributed by atoms with Gasteiger partial charge in [0.05, 0.1) is 16.7 Å². The van der Waals surface area contributed by atoms with Crippen molar-refractivity contribution in [1.82, 2.24) is 15.2 Å². The van der Waals surface area contributed by atoms with Gasteiger partial charge in [-0.3, -0.25) is 14.5 Å². The number of anilines is 1. The van der Waals surface area contributed by atoms with E-state index in [1.165, 1.54) is 12.1 Å². The van der Waals surface area contributed by atoms with E-state index in [4.69, 9.17) is 0 Å². The third kappa shape index (κ3) is 3.39. The number of carbonyl (C=O) groups is 1. The van der Waals surface area contributed by atoms with Gasteiger partial charge in [0.15, 0.2) is 0 Å². The third-order valence-corrected chi connectivity index (χ3v) is 6.12. The molecule has 2 aliphatic heterocycles. The molecule has 6 nitrogen and oxygen atoms in total. The zero-order valence-electron chi connectivity index (χ0n) is 16.1. The summed E-state index contributed by atoms with van der Waals surface area (Å²) in [5, 5.41) is 5.82. The van der Waals surface area contributed by atoms with E-state index in [0.717, 1.165) is 31.6 Å². The molecular formula is C20H20F4N4O2. The van der Waals surface area contributed by atoms with Gasteiger partial charge in [0.2, 0.25) is 5.56 Å². The molecule has 3 heterocycles. The zero-order valence-corrected chi connectivity index (χ0v) is 16.1. The summed E-state index contributed by atoms with van der Waals surface area (Å²) in [6.07, 6.45) is -2.54. The Labute approximate surface area is 169 Å². The van der Waals surface area contributed by atoms with Crippen LogP contribution in [0.25, 0.3) is 0 Å². The molecule has 2 saturated heterocycles. The number of rotatable bonds is 3. The van der Waals surface area contributed by atoms with Gasteiger partial charge >= 0.3 is 6.18 Å². The molecule has 30 heavy (non-hydrogen) atoms. The van der Waals surface area contributed by atoms with Crippen LogP contribution in [0.15, 0.2) is 35.3 Å². The van der Waals surface area contributed by atoms with Crippen LogP contribution in [0.4, 0.5) is 23.2 Å². The molecule has 1 aromatic heterocycles. The molecule has 10 heteroatoms. The molecule has 2 aliphatic rings. The van der Waals surface area contributed by atoms with Crippen LogP contribution in [0.3, 0.4) is 0 Å². The molecule has 2 unspecified atom stereocenters. The number of halogens is 4. The number of alkyl halides is 3. The van der Waals surface area contributed by atoms with Crippen LogP contribution in [0.5, 0.6) is 0 Å². The van der Waals surface area contributed by atoms with Gasteiger partial charge in [-0.1, -0.05) is 0 Å². The molecule has 4 rings (SSSR count). The summed E-state index contributed by atoms with van der Waals surface area (Å²) in [6, 6.07) is 4.42. The van der Waals surface area contributed by atoms with Crippen LogP contribution in [-0.2, 0) is 11.7 Å². The zero-order chi connectivity index (χ0) is 21.7. The smallest absolute Gasteiger partial charge is 0.328 e. The van der Waals surface area contributed by atoms with Gasteiger partial charge in [-0.05, 0) is 38.1 Å². The number of aromatic nitrogens is 1. The standard InChI is InChI=1S/C20H20F4N4O2/c1-28-12-4-5-19(28,10-25-8-12)15-6-11(21)2-3-16(15)27-18(30)13-9-26-17(29)7-14(13)20(22,23)24/h2-3,6-7,9,12,25H,4-5,8,10H2,1H3,(H,26,29)(H,27,30). The summed E-state index contributed by atoms with van der Waals surface area (Å²) in [4.78, 5) is 28.3. The van der Waals surface area contributed by atoms with Crippen molar-refractivity contribution in [1.29, 1.82) is 0 Å². The molecule has 1 amide bonds. The predicted molar refractivity (Wildman–Crippen MR) is 102 cm³/mol. The van der Waals surface area contributed by atoms with Crippen LogP contribution >= 0.6 is 0 Å². The van der Waals surface area contributed by atoms with E-state index in [1.54, 1.807) is 0 Å². The van der Waals surface area contributed by atoms with Crippen molar-refractivity contribution in [3.05, 3.63) is 63.3 Å². The first kappa shape index (κ1) is 20.5. The first-order valence-electron chi connectivity index (χ1n) is 9.47. The van der Waals surface area contributed by atoms with E-state index in [1.807, 2.05) is 7.05 Å². The lowest BCUT2D eigenvalue weighted by atomic mass is 9.85. The summed E-state index contributed by atoms with van der Waals surface area (Å²) in [5.41, 5.74) is -2.85. The van der Waals surface area contributed by atoms with E-state index in [9.17, 15) is 27.2 Å². The molecule has 0 spiro atoms. The number of fused-ring (bicyclic) bond motifs is 2. The van der Waals surface area contributed by atoms with Gasteiger partial charge in [-0.15, -0.1) is 0 Å². The third-order valence-electron chi connectivity index (χ3n) is 6.12. The molecule has 0 aliphatic carbocycles. The largest absolute Gasteiger partial charge is 0.417 e. The number of amides is 1. The molecule has 3 N–H and O–H groups in total. The van der Waals surface area contributed by atoms with Crippen molar-refractivity contribution >= 4 is 11.6 Å². The number of nitrogens with one attached hydrogen (secondary N) is 3. The second-order valence-corrected chi connectivity index (χ2v) is 7.73. The number of H-pyrrole nitrogens is 1. The van der Waals surface area contributed by atoms with Crippen molar-refractivity contribution < 1.29 is 22.4 Å². The highest BCUT2D eigenvalue weighted by molar-refractivity contribution is 6.05. The van der Waals surface area contributed by atoms with E-state index in [2.05, 4.69) is 20.5 Å². The van der Waals surface area contributed by atoms with Gasteiger partial charge in [0.25, 0.3) is 5.91 Å². The lowest BCUT2D eigenvalue weighted by Crippen LogP contribution is -2.56. The molecule has 0 radical (unpaired) electrons. The second-order valence-electron chi connectivity index (χ2n) is 7.73. The minimum atomic E-state index is -4.88.